The maximum atomic E-state index is 11.0. The van der Waals surface area contributed by atoms with Gasteiger partial charge < -0.3 is 9.53 Å². The third kappa shape index (κ3) is 3.17. The Morgan fingerprint density at radius 2 is 2.00 bits per heavy atom. The van der Waals surface area contributed by atoms with Crippen molar-refractivity contribution < 1.29 is 9.53 Å². The number of aldehydes is 1. The number of hydrogen-bond acceptors (Lipinski definition) is 4. The first kappa shape index (κ1) is 15.4. The van der Waals surface area contributed by atoms with Crippen LogP contribution in [-0.2, 0) is 9.53 Å². The van der Waals surface area contributed by atoms with Gasteiger partial charge in [0.15, 0.2) is 0 Å². The highest BCUT2D eigenvalue weighted by atomic mass is 32.2. The predicted molar refractivity (Wildman–Crippen MR) is 90.8 cm³/mol. The molecule has 2 heterocycles. The molecule has 2 aliphatic rings. The van der Waals surface area contributed by atoms with E-state index in [0.29, 0.717) is 12.3 Å². The van der Waals surface area contributed by atoms with Crippen LogP contribution in [0.15, 0.2) is 30.3 Å². The van der Waals surface area contributed by atoms with Gasteiger partial charge in [0.05, 0.1) is 16.3 Å². The molecule has 1 aromatic rings. The fourth-order valence-corrected chi connectivity index (χ4v) is 6.95. The molecule has 0 radical (unpaired) electrons. The van der Waals surface area contributed by atoms with Crippen LogP contribution < -0.4 is 0 Å². The number of ether oxygens (including phenoxy) is 1. The summed E-state index contributed by atoms with van der Waals surface area (Å²) in [4.78, 5) is 11.0. The van der Waals surface area contributed by atoms with Gasteiger partial charge in [0.2, 0.25) is 0 Å². The van der Waals surface area contributed by atoms with E-state index in [1.807, 2.05) is 6.07 Å². The van der Waals surface area contributed by atoms with E-state index in [9.17, 15) is 4.79 Å². The Balaban J connectivity index is 1.87. The van der Waals surface area contributed by atoms with E-state index in [0.717, 1.165) is 12.7 Å². The van der Waals surface area contributed by atoms with E-state index in [2.05, 4.69) is 54.7 Å². The van der Waals surface area contributed by atoms with Crippen molar-refractivity contribution in [2.45, 2.75) is 42.5 Å². The molecule has 114 valence electrons. The summed E-state index contributed by atoms with van der Waals surface area (Å²) in [7, 11) is 0. The second kappa shape index (κ2) is 6.76. The molecule has 0 bridgehead atoms. The van der Waals surface area contributed by atoms with Crippen LogP contribution in [0.2, 0.25) is 0 Å². The van der Waals surface area contributed by atoms with Crippen molar-refractivity contribution in [1.82, 2.24) is 0 Å². The standard InChI is InChI=1S/C17H22O2S2/c1-13-15(8-9-18)19-16(14-6-3-2-4-7-14)12-17(13)20-10-5-11-21-17/h2-4,6-7,9,13,15-16H,5,8,10-12H2,1H3/t13-,15+,16+/m1/s1. The third-order valence-corrected chi connectivity index (χ3v) is 8.29. The second-order valence-electron chi connectivity index (χ2n) is 5.83. The summed E-state index contributed by atoms with van der Waals surface area (Å²) in [6.07, 6.45) is 4.01. The first-order valence-electron chi connectivity index (χ1n) is 7.67. The fraction of sp³-hybridized carbons (Fsp3) is 0.588. The quantitative estimate of drug-likeness (QED) is 0.775. The minimum absolute atomic E-state index is 0.0413. The number of benzene rings is 1. The highest BCUT2D eigenvalue weighted by Crippen LogP contribution is 2.57. The van der Waals surface area contributed by atoms with Crippen LogP contribution >= 0.6 is 23.5 Å². The maximum absolute atomic E-state index is 11.0. The molecule has 0 saturated carbocycles. The van der Waals surface area contributed by atoms with Gasteiger partial charge in [0.1, 0.15) is 6.29 Å². The third-order valence-electron chi connectivity index (χ3n) is 4.54. The van der Waals surface area contributed by atoms with Gasteiger partial charge in [0.25, 0.3) is 0 Å². The lowest BCUT2D eigenvalue weighted by atomic mass is 9.88. The van der Waals surface area contributed by atoms with Crippen LogP contribution in [-0.4, -0.2) is 28.0 Å². The summed E-state index contributed by atoms with van der Waals surface area (Å²) in [5, 5.41) is 0. The summed E-state index contributed by atoms with van der Waals surface area (Å²) in [5.74, 6) is 2.87. The molecule has 0 aromatic heterocycles. The lowest BCUT2D eigenvalue weighted by Crippen LogP contribution is -2.47. The van der Waals surface area contributed by atoms with Crippen molar-refractivity contribution in [3.05, 3.63) is 35.9 Å². The normalized spacial score (nSPS) is 32.0. The summed E-state index contributed by atoms with van der Waals surface area (Å²) in [6, 6.07) is 10.5. The van der Waals surface area contributed by atoms with Crippen LogP contribution in [0.3, 0.4) is 0 Å². The Bertz CT molecular complexity index is 471. The zero-order valence-electron chi connectivity index (χ0n) is 12.4. The summed E-state index contributed by atoms with van der Waals surface area (Å²) in [5.41, 5.74) is 1.24. The molecule has 0 N–H and O–H groups in total. The Kier molecular flexibility index (Phi) is 4.97. The van der Waals surface area contributed by atoms with Crippen LogP contribution in [0.25, 0.3) is 0 Å². The van der Waals surface area contributed by atoms with Crippen LogP contribution in [0.5, 0.6) is 0 Å². The van der Waals surface area contributed by atoms with Gasteiger partial charge in [-0.15, -0.1) is 23.5 Å². The van der Waals surface area contributed by atoms with Crippen LogP contribution in [0.4, 0.5) is 0 Å². The number of thioether (sulfide) groups is 2. The van der Waals surface area contributed by atoms with Crippen molar-refractivity contribution in [1.29, 1.82) is 0 Å². The topological polar surface area (TPSA) is 26.3 Å². The summed E-state index contributed by atoms with van der Waals surface area (Å²) in [6.45, 7) is 2.26. The SMILES string of the molecule is C[C@@H]1[C@H](CC=O)O[C@H](c2ccccc2)CC12SCCCS2. The highest BCUT2D eigenvalue weighted by molar-refractivity contribution is 8.18. The molecule has 0 unspecified atom stereocenters. The zero-order chi connectivity index (χ0) is 14.7. The first-order chi connectivity index (χ1) is 10.2. The second-order valence-corrected chi connectivity index (χ2v) is 8.94. The molecule has 2 nitrogen and oxygen atoms in total. The van der Waals surface area contributed by atoms with Gasteiger partial charge in [-0.05, 0) is 23.5 Å². The van der Waals surface area contributed by atoms with Gasteiger partial charge >= 0.3 is 0 Å². The van der Waals surface area contributed by atoms with Crippen molar-refractivity contribution in [3.8, 4) is 0 Å². The number of rotatable bonds is 3. The molecular weight excluding hydrogens is 300 g/mol. The number of carbonyl (C=O) groups is 1. The number of carbonyl (C=O) groups excluding carboxylic acids is 1. The van der Waals surface area contributed by atoms with Crippen molar-refractivity contribution in [2.24, 2.45) is 5.92 Å². The zero-order valence-corrected chi connectivity index (χ0v) is 14.0. The molecule has 2 aliphatic heterocycles. The Morgan fingerprint density at radius 1 is 1.29 bits per heavy atom. The van der Waals surface area contributed by atoms with Gasteiger partial charge in [-0.3, -0.25) is 0 Å². The van der Waals surface area contributed by atoms with Crippen molar-refractivity contribution >= 4 is 29.8 Å². The molecule has 2 fully saturated rings. The molecule has 0 amide bonds. The van der Waals surface area contributed by atoms with Gasteiger partial charge in [0, 0.05) is 18.8 Å². The molecule has 3 atom stereocenters. The average Bonchev–Trinajstić information content (AvgIpc) is 2.54. The van der Waals surface area contributed by atoms with E-state index in [4.69, 9.17) is 4.74 Å². The fourth-order valence-electron chi connectivity index (χ4n) is 3.29. The molecule has 21 heavy (non-hydrogen) atoms. The molecule has 2 saturated heterocycles. The van der Waals surface area contributed by atoms with Gasteiger partial charge in [-0.1, -0.05) is 37.3 Å². The molecule has 3 rings (SSSR count). The van der Waals surface area contributed by atoms with Crippen LogP contribution in [0.1, 0.15) is 37.9 Å². The van der Waals surface area contributed by atoms with E-state index < -0.39 is 0 Å². The molecule has 1 aromatic carbocycles. The predicted octanol–water partition coefficient (Wildman–Crippen LogP) is 4.31. The highest BCUT2D eigenvalue weighted by Gasteiger charge is 2.49. The molecular formula is C17H22O2S2. The van der Waals surface area contributed by atoms with Crippen molar-refractivity contribution in [2.75, 3.05) is 11.5 Å². The Hall–Kier alpha value is -0.450. The van der Waals surface area contributed by atoms with E-state index >= 15 is 0 Å². The monoisotopic (exact) mass is 322 g/mol. The summed E-state index contributed by atoms with van der Waals surface area (Å²) >= 11 is 4.18. The van der Waals surface area contributed by atoms with Crippen molar-refractivity contribution in [3.63, 3.8) is 0 Å². The average molecular weight is 322 g/mol. The van der Waals surface area contributed by atoms with E-state index in [-0.39, 0.29) is 16.3 Å². The summed E-state index contributed by atoms with van der Waals surface area (Å²) < 4.78 is 6.51. The minimum Gasteiger partial charge on any atom is -0.369 e. The maximum Gasteiger partial charge on any atom is 0.122 e. The first-order valence-corrected chi connectivity index (χ1v) is 9.64. The molecule has 1 spiro atoms. The molecule has 0 aliphatic carbocycles. The smallest absolute Gasteiger partial charge is 0.122 e. The lowest BCUT2D eigenvalue weighted by Gasteiger charge is -2.50. The van der Waals surface area contributed by atoms with Crippen LogP contribution in [0, 0.1) is 5.92 Å². The van der Waals surface area contributed by atoms with E-state index in [1.54, 1.807) is 0 Å². The number of hydrogen-bond donors (Lipinski definition) is 0. The lowest BCUT2D eigenvalue weighted by molar-refractivity contribution is -0.119. The molecule has 4 heteroatoms. The van der Waals surface area contributed by atoms with E-state index in [1.165, 1.54) is 23.5 Å². The Morgan fingerprint density at radius 3 is 2.67 bits per heavy atom. The van der Waals surface area contributed by atoms with Gasteiger partial charge in [-0.2, -0.15) is 0 Å². The largest absolute Gasteiger partial charge is 0.369 e. The Labute approximate surface area is 135 Å². The van der Waals surface area contributed by atoms with Gasteiger partial charge in [-0.25, -0.2) is 0 Å². The minimum atomic E-state index is 0.0413.